The van der Waals surface area contributed by atoms with E-state index in [0.29, 0.717) is 5.75 Å². The Morgan fingerprint density at radius 3 is 2.37 bits per heavy atom. The molecular weight excluding hydrogens is 276 g/mol. The van der Waals surface area contributed by atoms with Crippen molar-refractivity contribution in [3.05, 3.63) is 65.2 Å². The van der Waals surface area contributed by atoms with Crippen molar-refractivity contribution in [1.29, 1.82) is 5.41 Å². The summed E-state index contributed by atoms with van der Waals surface area (Å²) in [5, 5.41) is 8.48. The molecule has 2 aromatic carbocycles. The monoisotopic (exact) mass is 290 g/mol. The number of rotatable bonds is 5. The zero-order valence-electron chi connectivity index (χ0n) is 10.3. The fourth-order valence-corrected chi connectivity index (χ4v) is 3.18. The van der Waals surface area contributed by atoms with Crippen LogP contribution in [0.4, 0.5) is 0 Å². The van der Waals surface area contributed by atoms with Gasteiger partial charge < -0.3 is 5.73 Å². The molecule has 1 atom stereocenters. The van der Waals surface area contributed by atoms with E-state index in [1.807, 2.05) is 54.6 Å². The molecule has 0 aromatic heterocycles. The molecule has 0 fully saturated rings. The zero-order chi connectivity index (χ0) is 13.7. The lowest BCUT2D eigenvalue weighted by molar-refractivity contribution is 1.01. The summed E-state index contributed by atoms with van der Waals surface area (Å²) in [7, 11) is 0. The van der Waals surface area contributed by atoms with Crippen molar-refractivity contribution in [2.45, 2.75) is 10.8 Å². The van der Waals surface area contributed by atoms with Crippen LogP contribution in [0.25, 0.3) is 0 Å². The number of thioether (sulfide) groups is 1. The molecule has 0 spiro atoms. The van der Waals surface area contributed by atoms with Crippen molar-refractivity contribution < 1.29 is 0 Å². The number of benzene rings is 2. The van der Waals surface area contributed by atoms with Crippen molar-refractivity contribution in [3.63, 3.8) is 0 Å². The third-order valence-electron chi connectivity index (χ3n) is 2.82. The van der Waals surface area contributed by atoms with E-state index in [2.05, 4.69) is 0 Å². The summed E-state index contributed by atoms with van der Waals surface area (Å²) < 4.78 is 0. The van der Waals surface area contributed by atoms with Crippen LogP contribution in [0.1, 0.15) is 11.5 Å². The third-order valence-corrected chi connectivity index (χ3v) is 4.43. The maximum atomic E-state index is 7.74. The van der Waals surface area contributed by atoms with Gasteiger partial charge in [0.1, 0.15) is 0 Å². The van der Waals surface area contributed by atoms with Crippen molar-refractivity contribution in [1.82, 2.24) is 0 Å². The second-order valence-corrected chi connectivity index (χ2v) is 5.63. The first kappa shape index (κ1) is 14.0. The minimum atomic E-state index is -0.0810. The van der Waals surface area contributed by atoms with E-state index in [1.165, 1.54) is 0 Å². The van der Waals surface area contributed by atoms with Crippen molar-refractivity contribution in [2.75, 3.05) is 5.75 Å². The van der Waals surface area contributed by atoms with Gasteiger partial charge in [0.05, 0.1) is 16.8 Å². The van der Waals surface area contributed by atoms with E-state index in [4.69, 9.17) is 22.7 Å². The number of nitrogens with one attached hydrogen (secondary N) is 1. The molecule has 0 aliphatic rings. The molecular formula is C15H15ClN2S. The zero-order valence-corrected chi connectivity index (χ0v) is 11.9. The van der Waals surface area contributed by atoms with Crippen LogP contribution in [-0.2, 0) is 0 Å². The SMILES string of the molecule is N=C(N)C(CSc1ccccc1Cl)c1ccccc1. The van der Waals surface area contributed by atoms with Crippen LogP contribution in [0.15, 0.2) is 59.5 Å². The fraction of sp³-hybridized carbons (Fsp3) is 0.133. The molecule has 0 aliphatic heterocycles. The maximum Gasteiger partial charge on any atom is 0.0990 e. The van der Waals surface area contributed by atoms with E-state index in [1.54, 1.807) is 11.8 Å². The molecule has 2 nitrogen and oxygen atoms in total. The van der Waals surface area contributed by atoms with Gasteiger partial charge in [-0.15, -0.1) is 11.8 Å². The number of hydrogen-bond donors (Lipinski definition) is 2. The van der Waals surface area contributed by atoms with Crippen LogP contribution in [0, 0.1) is 5.41 Å². The highest BCUT2D eigenvalue weighted by Crippen LogP contribution is 2.30. The van der Waals surface area contributed by atoms with E-state index in [-0.39, 0.29) is 11.8 Å². The summed E-state index contributed by atoms with van der Waals surface area (Å²) in [6.07, 6.45) is 0. The Kier molecular flexibility index (Phi) is 4.88. The summed E-state index contributed by atoms with van der Waals surface area (Å²) in [4.78, 5) is 1.02. The number of hydrogen-bond acceptors (Lipinski definition) is 2. The Bertz CT molecular complexity index is 557. The van der Waals surface area contributed by atoms with Gasteiger partial charge >= 0.3 is 0 Å². The second kappa shape index (κ2) is 6.64. The summed E-state index contributed by atoms with van der Waals surface area (Å²) in [5.41, 5.74) is 6.77. The van der Waals surface area contributed by atoms with Gasteiger partial charge in [-0.1, -0.05) is 54.1 Å². The molecule has 2 aromatic rings. The number of amidine groups is 1. The Hall–Kier alpha value is -1.45. The van der Waals surface area contributed by atoms with Crippen LogP contribution in [0.2, 0.25) is 5.02 Å². The van der Waals surface area contributed by atoms with E-state index >= 15 is 0 Å². The smallest absolute Gasteiger partial charge is 0.0990 e. The largest absolute Gasteiger partial charge is 0.387 e. The predicted octanol–water partition coefficient (Wildman–Crippen LogP) is 4.15. The Labute approximate surface area is 122 Å². The maximum absolute atomic E-state index is 7.74. The first-order valence-electron chi connectivity index (χ1n) is 5.94. The van der Waals surface area contributed by atoms with E-state index < -0.39 is 0 Å². The fourth-order valence-electron chi connectivity index (χ4n) is 1.79. The van der Waals surface area contributed by atoms with Crippen LogP contribution < -0.4 is 5.73 Å². The summed E-state index contributed by atoms with van der Waals surface area (Å²) in [6.45, 7) is 0. The molecule has 3 N–H and O–H groups in total. The summed E-state index contributed by atoms with van der Waals surface area (Å²) >= 11 is 7.75. The quantitative estimate of drug-likeness (QED) is 0.494. The predicted molar refractivity (Wildman–Crippen MR) is 83.3 cm³/mol. The van der Waals surface area contributed by atoms with Crippen molar-refractivity contribution in [3.8, 4) is 0 Å². The van der Waals surface area contributed by atoms with Gasteiger partial charge in [-0.25, -0.2) is 0 Å². The van der Waals surface area contributed by atoms with Crippen molar-refractivity contribution in [2.24, 2.45) is 5.73 Å². The van der Waals surface area contributed by atoms with Crippen molar-refractivity contribution >= 4 is 29.2 Å². The third kappa shape index (κ3) is 3.75. The number of nitrogens with two attached hydrogens (primary N) is 1. The van der Waals surface area contributed by atoms with Gasteiger partial charge in [0.15, 0.2) is 0 Å². The Morgan fingerprint density at radius 1 is 1.11 bits per heavy atom. The first-order valence-corrected chi connectivity index (χ1v) is 7.31. The molecule has 0 saturated heterocycles. The average Bonchev–Trinajstić information content (AvgIpc) is 2.42. The molecule has 0 aliphatic carbocycles. The molecule has 98 valence electrons. The van der Waals surface area contributed by atoms with Gasteiger partial charge in [0.25, 0.3) is 0 Å². The minimum absolute atomic E-state index is 0.0810. The van der Waals surface area contributed by atoms with Gasteiger partial charge in [0, 0.05) is 10.6 Å². The lowest BCUT2D eigenvalue weighted by Gasteiger charge is -2.15. The van der Waals surface area contributed by atoms with Gasteiger partial charge in [-0.3, -0.25) is 5.41 Å². The summed E-state index contributed by atoms with van der Waals surface area (Å²) in [6, 6.07) is 17.6. The molecule has 1 unspecified atom stereocenters. The summed E-state index contributed by atoms with van der Waals surface area (Å²) in [5.74, 6) is 0.816. The van der Waals surface area contributed by atoms with Crippen LogP contribution in [0.5, 0.6) is 0 Å². The molecule has 4 heteroatoms. The molecule has 0 heterocycles. The standard InChI is InChI=1S/C15H15ClN2S/c16-13-8-4-5-9-14(13)19-10-12(15(17)18)11-6-2-1-3-7-11/h1-9,12H,10H2,(H3,17,18). The lowest BCUT2D eigenvalue weighted by Crippen LogP contribution is -2.22. The van der Waals surface area contributed by atoms with Crippen LogP contribution >= 0.6 is 23.4 Å². The minimum Gasteiger partial charge on any atom is -0.387 e. The van der Waals surface area contributed by atoms with Crippen LogP contribution in [0.3, 0.4) is 0 Å². The topological polar surface area (TPSA) is 49.9 Å². The van der Waals surface area contributed by atoms with Gasteiger partial charge in [0.2, 0.25) is 0 Å². The molecule has 19 heavy (non-hydrogen) atoms. The Morgan fingerprint density at radius 2 is 1.74 bits per heavy atom. The van der Waals surface area contributed by atoms with Gasteiger partial charge in [-0.05, 0) is 17.7 Å². The molecule has 2 rings (SSSR count). The molecule has 0 bridgehead atoms. The molecule has 0 saturated carbocycles. The Balaban J connectivity index is 2.11. The van der Waals surface area contributed by atoms with Gasteiger partial charge in [-0.2, -0.15) is 0 Å². The number of halogens is 1. The normalized spacial score (nSPS) is 12.1. The molecule has 0 amide bonds. The van der Waals surface area contributed by atoms with E-state index in [9.17, 15) is 0 Å². The highest BCUT2D eigenvalue weighted by atomic mass is 35.5. The lowest BCUT2D eigenvalue weighted by atomic mass is 10.0. The molecule has 0 radical (unpaired) electrons. The highest BCUT2D eigenvalue weighted by molar-refractivity contribution is 7.99. The highest BCUT2D eigenvalue weighted by Gasteiger charge is 2.15. The van der Waals surface area contributed by atoms with Crippen LogP contribution in [-0.4, -0.2) is 11.6 Å². The average molecular weight is 291 g/mol. The van der Waals surface area contributed by atoms with E-state index in [0.717, 1.165) is 15.5 Å². The second-order valence-electron chi connectivity index (χ2n) is 4.16. The first-order chi connectivity index (χ1) is 9.18.